The molecule has 7 rings (SSSR count). The third-order valence-electron chi connectivity index (χ3n) is 8.90. The minimum Gasteiger partial charge on any atom is -0.458 e. The van der Waals surface area contributed by atoms with E-state index in [4.69, 9.17) is 28.2 Å². The summed E-state index contributed by atoms with van der Waals surface area (Å²) < 4.78 is 95.3. The zero-order chi connectivity index (χ0) is 38.8. The van der Waals surface area contributed by atoms with Gasteiger partial charge in [0.1, 0.15) is 12.4 Å². The largest absolute Gasteiger partial charge is 0.458 e. The van der Waals surface area contributed by atoms with Crippen LogP contribution in [0.15, 0.2) is 29.1 Å². The molecule has 0 spiro atoms. The molecular formula is C33H39ClN4O6. The number of fused-ring (bicyclic) bond motifs is 5. The van der Waals surface area contributed by atoms with Gasteiger partial charge in [0.15, 0.2) is 5.60 Å². The molecule has 1 amide bonds. The van der Waals surface area contributed by atoms with E-state index in [2.05, 4.69) is 0 Å². The van der Waals surface area contributed by atoms with Crippen LogP contribution in [0, 0.1) is 0 Å². The Kier molecular flexibility index (Phi) is 5.51. The number of benzene rings is 1. The van der Waals surface area contributed by atoms with Gasteiger partial charge in [-0.25, -0.2) is 14.6 Å². The summed E-state index contributed by atoms with van der Waals surface area (Å²) in [4.78, 5) is 46.2. The van der Waals surface area contributed by atoms with Crippen molar-refractivity contribution >= 4 is 35.4 Å². The fraction of sp³-hybridized carbons (Fsp3) is 0.515. The van der Waals surface area contributed by atoms with Crippen molar-refractivity contribution in [3.8, 4) is 17.1 Å². The molecule has 0 aliphatic carbocycles. The average molecular weight is 633 g/mol. The Labute approximate surface area is 276 Å². The normalized spacial score (nSPS) is 30.8. The van der Waals surface area contributed by atoms with Gasteiger partial charge < -0.3 is 28.9 Å². The molecule has 3 aromatic rings. The van der Waals surface area contributed by atoms with Crippen molar-refractivity contribution in [3.63, 3.8) is 0 Å². The van der Waals surface area contributed by atoms with Gasteiger partial charge in [-0.05, 0) is 81.3 Å². The Morgan fingerprint density at radius 3 is 2.59 bits per heavy atom. The number of aromatic nitrogens is 2. The summed E-state index contributed by atoms with van der Waals surface area (Å²) in [6.45, 7) is -3.02. The summed E-state index contributed by atoms with van der Waals surface area (Å²) in [5.74, 6) is -0.616. The summed E-state index contributed by atoms with van der Waals surface area (Å²) in [6.07, 6.45) is -10.6. The standard InChI is InChI=1S/C33H38N4O6.ClH/c1-3-22-23-16-21(43-32(40)36-14-10-20(11-15-36)35-12-6-5-7-13-35)8-9-27(23)34-29-24(22)18-37-28(29)17-26-25(30(37)38)19-42-31(39)33(26,41)4-2;/h8-9,16-17,20,41H,3-7,10-15,18-19H2,1-2H3;1H/t33-;/m0./s1/i5D2,6D2,7D2,12D2,13D2;. The number of halogens is 1. The monoisotopic (exact) mass is 632 g/mol. The Bertz CT molecular complexity index is 2110. The van der Waals surface area contributed by atoms with Crippen LogP contribution in [0.5, 0.6) is 5.75 Å². The highest BCUT2D eigenvalue weighted by Crippen LogP contribution is 2.40. The predicted octanol–water partition coefficient (Wildman–Crippen LogP) is 4.51. The number of esters is 1. The Balaban J connectivity index is 0.00000497. The molecule has 11 heteroatoms. The number of hydrogen-bond acceptors (Lipinski definition) is 8. The number of rotatable bonds is 4. The van der Waals surface area contributed by atoms with Gasteiger partial charge in [-0.3, -0.25) is 4.79 Å². The zero-order valence-corrected chi connectivity index (χ0v) is 25.0. The van der Waals surface area contributed by atoms with Crippen LogP contribution in [0.2, 0.25) is 0 Å². The van der Waals surface area contributed by atoms with Crippen molar-refractivity contribution < 1.29 is 37.9 Å². The molecule has 234 valence electrons. The Morgan fingerprint density at radius 2 is 1.89 bits per heavy atom. The Morgan fingerprint density at radius 1 is 1.14 bits per heavy atom. The number of ether oxygens (including phenoxy) is 2. The van der Waals surface area contributed by atoms with Gasteiger partial charge in [0.25, 0.3) is 5.56 Å². The van der Waals surface area contributed by atoms with E-state index in [-0.39, 0.29) is 80.3 Å². The van der Waals surface area contributed by atoms with Crippen LogP contribution < -0.4 is 10.3 Å². The predicted molar refractivity (Wildman–Crippen MR) is 167 cm³/mol. The number of pyridine rings is 2. The second-order valence-corrected chi connectivity index (χ2v) is 11.1. The molecule has 4 aliphatic heterocycles. The highest BCUT2D eigenvalue weighted by atomic mass is 35.5. The highest BCUT2D eigenvalue weighted by molar-refractivity contribution is 5.90. The van der Waals surface area contributed by atoms with Crippen molar-refractivity contribution in [1.29, 1.82) is 0 Å². The number of amides is 1. The molecular weight excluding hydrogens is 584 g/mol. The lowest BCUT2D eigenvalue weighted by atomic mass is 9.86. The molecule has 2 aromatic heterocycles. The smallest absolute Gasteiger partial charge is 0.415 e. The maximum absolute atomic E-state index is 13.6. The van der Waals surface area contributed by atoms with E-state index in [0.29, 0.717) is 33.6 Å². The van der Waals surface area contributed by atoms with E-state index in [1.807, 2.05) is 6.92 Å². The van der Waals surface area contributed by atoms with E-state index in [1.165, 1.54) is 4.90 Å². The molecule has 2 saturated heterocycles. The first-order valence-corrected chi connectivity index (χ1v) is 14.5. The van der Waals surface area contributed by atoms with Crippen molar-refractivity contribution in [2.24, 2.45) is 0 Å². The van der Waals surface area contributed by atoms with Crippen LogP contribution in [0.25, 0.3) is 22.3 Å². The summed E-state index contributed by atoms with van der Waals surface area (Å²) >= 11 is 0. The molecule has 0 unspecified atom stereocenters. The van der Waals surface area contributed by atoms with Gasteiger partial charge >= 0.3 is 12.1 Å². The molecule has 1 aromatic carbocycles. The molecule has 6 heterocycles. The van der Waals surface area contributed by atoms with Crippen LogP contribution in [-0.2, 0) is 34.7 Å². The van der Waals surface area contributed by atoms with Gasteiger partial charge in [-0.2, -0.15) is 0 Å². The number of aliphatic hydroxyl groups is 1. The summed E-state index contributed by atoms with van der Waals surface area (Å²) in [6, 6.07) is 5.48. The molecule has 0 radical (unpaired) electrons. The topological polar surface area (TPSA) is 114 Å². The van der Waals surface area contributed by atoms with Gasteiger partial charge in [0.05, 0.1) is 29.0 Å². The van der Waals surface area contributed by atoms with Crippen molar-refractivity contribution in [3.05, 3.63) is 56.9 Å². The number of likely N-dealkylation sites (tertiary alicyclic amines) is 2. The minimum absolute atomic E-state index is 0. The van der Waals surface area contributed by atoms with E-state index >= 15 is 0 Å². The second-order valence-electron chi connectivity index (χ2n) is 11.1. The lowest BCUT2D eigenvalue weighted by Crippen LogP contribution is -2.48. The van der Waals surface area contributed by atoms with E-state index in [0.717, 1.165) is 11.1 Å². The van der Waals surface area contributed by atoms with E-state index < -0.39 is 55.8 Å². The first-order valence-electron chi connectivity index (χ1n) is 19.5. The number of piperidine rings is 2. The second kappa shape index (κ2) is 11.8. The SMILES string of the molecule is Cl.[2H]C1([2H])N(C2CCN(C(=O)Oc3ccc4nc5c(c(CC)c4c3)Cn3c-5cc4c(c3=O)COC(=O)[C@]4(O)CC)CC2)C([2H])([2H])C([2H])([2H])C([2H])([2H])C1([2H])[2H]. The van der Waals surface area contributed by atoms with Crippen LogP contribution in [-0.4, -0.2) is 68.6 Å². The summed E-state index contributed by atoms with van der Waals surface area (Å²) in [7, 11) is 0. The molecule has 2 fully saturated rings. The molecule has 0 saturated carbocycles. The molecule has 1 N–H and O–H groups in total. The van der Waals surface area contributed by atoms with Crippen molar-refractivity contribution in [2.45, 2.75) is 83.4 Å². The maximum atomic E-state index is 13.6. The third kappa shape index (κ3) is 4.87. The van der Waals surface area contributed by atoms with Crippen molar-refractivity contribution in [1.82, 2.24) is 19.4 Å². The third-order valence-corrected chi connectivity index (χ3v) is 8.90. The number of nitrogens with zero attached hydrogens (tertiary/aromatic N) is 4. The molecule has 10 nitrogen and oxygen atoms in total. The fourth-order valence-corrected chi connectivity index (χ4v) is 6.50. The lowest BCUT2D eigenvalue weighted by Gasteiger charge is -2.39. The number of carbonyl (C=O) groups is 2. The van der Waals surface area contributed by atoms with Gasteiger partial charge in [0, 0.05) is 49.4 Å². The lowest BCUT2D eigenvalue weighted by molar-refractivity contribution is -0.172. The van der Waals surface area contributed by atoms with E-state index in [9.17, 15) is 19.5 Å². The van der Waals surface area contributed by atoms with Gasteiger partial charge in [0.2, 0.25) is 0 Å². The highest BCUT2D eigenvalue weighted by Gasteiger charge is 2.45. The number of aryl methyl sites for hydroxylation is 1. The zero-order valence-electron chi connectivity index (χ0n) is 34.2. The number of hydrogen-bond donors (Lipinski definition) is 1. The molecule has 4 aliphatic rings. The number of carbonyl (C=O) groups excluding carboxylic acids is 2. The molecule has 44 heavy (non-hydrogen) atoms. The van der Waals surface area contributed by atoms with Crippen LogP contribution in [0.4, 0.5) is 4.79 Å². The molecule has 1 atom stereocenters. The summed E-state index contributed by atoms with van der Waals surface area (Å²) in [5, 5.41) is 11.9. The first-order chi connectivity index (χ1) is 24.6. The van der Waals surface area contributed by atoms with Gasteiger partial charge in [-0.1, -0.05) is 20.2 Å². The average Bonchev–Trinajstić information content (AvgIpc) is 3.46. The number of cyclic esters (lactones) is 1. The minimum atomic E-state index is -3.50. The molecule has 0 bridgehead atoms. The van der Waals surface area contributed by atoms with Crippen LogP contribution >= 0.6 is 12.4 Å². The van der Waals surface area contributed by atoms with Crippen molar-refractivity contribution in [2.75, 3.05) is 26.1 Å². The van der Waals surface area contributed by atoms with E-state index in [1.54, 1.807) is 35.8 Å². The Hall–Kier alpha value is -3.47. The fourth-order valence-electron chi connectivity index (χ4n) is 6.50. The first kappa shape index (κ1) is 20.5. The van der Waals surface area contributed by atoms with Crippen LogP contribution in [0.3, 0.4) is 0 Å². The summed E-state index contributed by atoms with van der Waals surface area (Å²) in [5.41, 5.74) is 1.28. The van der Waals surface area contributed by atoms with Gasteiger partial charge in [-0.15, -0.1) is 12.4 Å². The maximum Gasteiger partial charge on any atom is 0.415 e. The quantitative estimate of drug-likeness (QED) is 0.327. The van der Waals surface area contributed by atoms with Crippen LogP contribution in [0.1, 0.15) is 88.2 Å².